The Morgan fingerprint density at radius 3 is 3.08 bits per heavy atom. The third-order valence-electron chi connectivity index (χ3n) is 5.05. The predicted octanol–water partition coefficient (Wildman–Crippen LogP) is 4.29. The second-order valence-electron chi connectivity index (χ2n) is 7.08. The zero-order valence-electron chi connectivity index (χ0n) is 15.3. The lowest BCUT2D eigenvalue weighted by Crippen LogP contribution is -2.18. The molecule has 5 nitrogen and oxygen atoms in total. The minimum atomic E-state index is -0.114. The van der Waals surface area contributed by atoms with Gasteiger partial charge in [0.1, 0.15) is 16.4 Å². The Balaban J connectivity index is 1.67. The van der Waals surface area contributed by atoms with Gasteiger partial charge in [-0.15, -0.1) is 11.3 Å². The van der Waals surface area contributed by atoms with Crippen molar-refractivity contribution >= 4 is 27.2 Å². The van der Waals surface area contributed by atoms with Crippen LogP contribution in [0.5, 0.6) is 5.75 Å². The molecular weight excluding hydrogens is 346 g/mol. The molecule has 6 heteroatoms. The van der Waals surface area contributed by atoms with E-state index in [0.717, 1.165) is 40.9 Å². The number of hydrogen-bond donors (Lipinski definition) is 2. The van der Waals surface area contributed by atoms with E-state index in [-0.39, 0.29) is 11.6 Å². The molecule has 0 unspecified atom stereocenters. The molecule has 0 saturated heterocycles. The Bertz CT molecular complexity index is 1010. The number of ether oxygens (including phenoxy) is 1. The number of anilines is 1. The van der Waals surface area contributed by atoms with E-state index in [0.29, 0.717) is 11.7 Å². The lowest BCUT2D eigenvalue weighted by Gasteiger charge is -2.17. The fourth-order valence-corrected chi connectivity index (χ4v) is 4.99. The number of hydrogen-bond acceptors (Lipinski definition) is 5. The van der Waals surface area contributed by atoms with Gasteiger partial charge in [-0.3, -0.25) is 4.79 Å². The van der Waals surface area contributed by atoms with Crippen molar-refractivity contribution in [2.24, 2.45) is 5.92 Å². The van der Waals surface area contributed by atoms with Crippen LogP contribution < -0.4 is 15.6 Å². The fraction of sp³-hybridized carbons (Fsp3) is 0.400. The number of aryl methyl sites for hydroxylation is 1. The van der Waals surface area contributed by atoms with Crippen LogP contribution >= 0.6 is 11.3 Å². The number of fused-ring (bicyclic) bond motifs is 3. The van der Waals surface area contributed by atoms with Gasteiger partial charge < -0.3 is 15.0 Å². The maximum Gasteiger partial charge on any atom is 0.259 e. The highest BCUT2D eigenvalue weighted by atomic mass is 32.1. The third-order valence-corrected chi connectivity index (χ3v) is 6.20. The smallest absolute Gasteiger partial charge is 0.259 e. The molecule has 0 saturated carbocycles. The molecule has 0 bridgehead atoms. The summed E-state index contributed by atoms with van der Waals surface area (Å²) in [6.07, 6.45) is 3.19. The lowest BCUT2D eigenvalue weighted by molar-refractivity contribution is 0.415. The van der Waals surface area contributed by atoms with E-state index in [4.69, 9.17) is 9.72 Å². The Morgan fingerprint density at radius 1 is 1.42 bits per heavy atom. The van der Waals surface area contributed by atoms with Crippen LogP contribution in [0.4, 0.5) is 5.69 Å². The number of methoxy groups -OCH3 is 1. The van der Waals surface area contributed by atoms with Crippen molar-refractivity contribution in [1.29, 1.82) is 0 Å². The third kappa shape index (κ3) is 3.09. The summed E-state index contributed by atoms with van der Waals surface area (Å²) in [5.74, 6) is 2.14. The molecule has 1 aliphatic carbocycles. The number of aromatic amines is 1. The molecule has 4 rings (SSSR count). The maximum absolute atomic E-state index is 12.7. The zero-order chi connectivity index (χ0) is 18.3. The number of rotatable bonds is 4. The highest BCUT2D eigenvalue weighted by molar-refractivity contribution is 7.18. The van der Waals surface area contributed by atoms with Crippen LogP contribution in [0.15, 0.2) is 29.1 Å². The quantitative estimate of drug-likeness (QED) is 0.720. The maximum atomic E-state index is 12.7. The van der Waals surface area contributed by atoms with E-state index in [2.05, 4.69) is 17.2 Å². The zero-order valence-corrected chi connectivity index (χ0v) is 16.1. The molecule has 2 atom stereocenters. The van der Waals surface area contributed by atoms with Gasteiger partial charge in [-0.1, -0.05) is 13.0 Å². The van der Waals surface area contributed by atoms with Crippen LogP contribution in [0.25, 0.3) is 10.2 Å². The topological polar surface area (TPSA) is 67.0 Å². The highest BCUT2D eigenvalue weighted by Gasteiger charge is 2.23. The van der Waals surface area contributed by atoms with Crippen molar-refractivity contribution in [3.8, 4) is 5.75 Å². The number of aromatic nitrogens is 2. The van der Waals surface area contributed by atoms with Crippen LogP contribution in [0.3, 0.4) is 0 Å². The first-order valence-corrected chi connectivity index (χ1v) is 9.82. The number of thiophene rings is 1. The van der Waals surface area contributed by atoms with Gasteiger partial charge >= 0.3 is 0 Å². The van der Waals surface area contributed by atoms with E-state index >= 15 is 0 Å². The Labute approximate surface area is 156 Å². The first kappa shape index (κ1) is 17.1. The minimum Gasteiger partial charge on any atom is -0.497 e. The molecule has 3 aromatic rings. The predicted molar refractivity (Wildman–Crippen MR) is 106 cm³/mol. The van der Waals surface area contributed by atoms with Crippen molar-refractivity contribution in [3.05, 3.63) is 50.9 Å². The molecule has 1 aromatic carbocycles. The summed E-state index contributed by atoms with van der Waals surface area (Å²) >= 11 is 1.68. The number of nitrogens with zero attached hydrogens (tertiary/aromatic N) is 1. The lowest BCUT2D eigenvalue weighted by atomic mass is 9.89. The van der Waals surface area contributed by atoms with Gasteiger partial charge in [-0.2, -0.15) is 0 Å². The molecule has 1 aliphatic rings. The Kier molecular flexibility index (Phi) is 4.44. The highest BCUT2D eigenvalue weighted by Crippen LogP contribution is 2.36. The molecule has 26 heavy (non-hydrogen) atoms. The normalized spacial score (nSPS) is 17.7. The van der Waals surface area contributed by atoms with E-state index in [1.54, 1.807) is 18.4 Å². The number of H-pyrrole nitrogens is 1. The molecule has 2 N–H and O–H groups in total. The van der Waals surface area contributed by atoms with E-state index in [1.165, 1.54) is 10.4 Å². The number of nitrogens with one attached hydrogen (secondary N) is 2. The van der Waals surface area contributed by atoms with E-state index < -0.39 is 0 Å². The van der Waals surface area contributed by atoms with Crippen molar-refractivity contribution in [3.63, 3.8) is 0 Å². The standard InChI is InChI=1S/C20H23N3O2S/c1-11-7-8-15-16(9-11)26-20-17(15)19(24)22-18(23-20)12(2)21-13-5-4-6-14(10-13)25-3/h4-6,10-12,21H,7-9H2,1-3H3,(H,22,23,24)/t11-,12+/m0/s1. The summed E-state index contributed by atoms with van der Waals surface area (Å²) in [6, 6.07) is 7.62. The van der Waals surface area contributed by atoms with Gasteiger partial charge in [0.25, 0.3) is 5.56 Å². The van der Waals surface area contributed by atoms with Crippen molar-refractivity contribution in [2.75, 3.05) is 12.4 Å². The largest absolute Gasteiger partial charge is 0.497 e. The molecule has 0 radical (unpaired) electrons. The van der Waals surface area contributed by atoms with Crippen LogP contribution in [-0.4, -0.2) is 17.1 Å². The second-order valence-corrected chi connectivity index (χ2v) is 8.16. The first-order chi connectivity index (χ1) is 12.5. The van der Waals surface area contributed by atoms with Gasteiger partial charge in [0.15, 0.2) is 0 Å². The summed E-state index contributed by atoms with van der Waals surface area (Å²) in [6.45, 7) is 4.27. The molecule has 0 spiro atoms. The van der Waals surface area contributed by atoms with Gasteiger partial charge in [0.05, 0.1) is 18.5 Å². The van der Waals surface area contributed by atoms with Crippen LogP contribution in [-0.2, 0) is 12.8 Å². The fourth-order valence-electron chi connectivity index (χ4n) is 3.60. The molecule has 136 valence electrons. The first-order valence-electron chi connectivity index (χ1n) is 9.00. The molecule has 0 aliphatic heterocycles. The molecule has 2 aromatic heterocycles. The molecule has 2 heterocycles. The van der Waals surface area contributed by atoms with Crippen molar-refractivity contribution < 1.29 is 4.74 Å². The molecule has 0 amide bonds. The van der Waals surface area contributed by atoms with Crippen molar-refractivity contribution in [2.45, 2.75) is 39.2 Å². The summed E-state index contributed by atoms with van der Waals surface area (Å²) in [4.78, 5) is 22.7. The van der Waals surface area contributed by atoms with E-state index in [1.807, 2.05) is 31.2 Å². The van der Waals surface area contributed by atoms with E-state index in [9.17, 15) is 4.79 Å². The summed E-state index contributed by atoms with van der Waals surface area (Å²) in [7, 11) is 1.65. The van der Waals surface area contributed by atoms with Gasteiger partial charge in [0, 0.05) is 16.6 Å². The monoisotopic (exact) mass is 369 g/mol. The summed E-state index contributed by atoms with van der Waals surface area (Å²) in [5, 5.41) is 4.19. The van der Waals surface area contributed by atoms with Gasteiger partial charge in [0.2, 0.25) is 0 Å². The summed E-state index contributed by atoms with van der Waals surface area (Å²) < 4.78 is 5.26. The Hall–Kier alpha value is -2.34. The van der Waals surface area contributed by atoms with Crippen LogP contribution in [0.1, 0.15) is 42.6 Å². The Morgan fingerprint density at radius 2 is 2.27 bits per heavy atom. The SMILES string of the molecule is COc1cccc(N[C@H](C)c2nc3sc4c(c3c(=O)[nH]2)CC[C@H](C)C4)c1. The summed E-state index contributed by atoms with van der Waals surface area (Å²) in [5.41, 5.74) is 2.13. The van der Waals surface area contributed by atoms with Crippen molar-refractivity contribution in [1.82, 2.24) is 9.97 Å². The van der Waals surface area contributed by atoms with Gasteiger partial charge in [-0.25, -0.2) is 4.98 Å². The average molecular weight is 369 g/mol. The average Bonchev–Trinajstić information content (AvgIpc) is 2.99. The number of benzene rings is 1. The molecular formula is C20H23N3O2S. The van der Waals surface area contributed by atoms with Gasteiger partial charge in [-0.05, 0) is 49.8 Å². The second kappa shape index (κ2) is 6.76. The molecule has 0 fully saturated rings. The minimum absolute atomic E-state index is 0.0173. The van der Waals surface area contributed by atoms with Crippen LogP contribution in [0.2, 0.25) is 0 Å². The van der Waals surface area contributed by atoms with Crippen LogP contribution in [0, 0.1) is 5.92 Å².